The first-order valence-electron chi connectivity index (χ1n) is 6.75. The Balaban J connectivity index is 2.67. The minimum absolute atomic E-state index is 0.0137. The molecule has 0 radical (unpaired) electrons. The molecule has 0 aromatic carbocycles. The van der Waals surface area contributed by atoms with Crippen molar-refractivity contribution in [2.75, 3.05) is 0 Å². The molecular formula is C14H25NO3. The third-order valence-corrected chi connectivity index (χ3v) is 3.48. The van der Waals surface area contributed by atoms with Crippen LogP contribution in [0.4, 0.5) is 4.79 Å². The molecule has 1 fully saturated rings. The van der Waals surface area contributed by atoms with Crippen molar-refractivity contribution in [2.45, 2.75) is 71.4 Å². The molecule has 0 aliphatic heterocycles. The minimum atomic E-state index is -0.669. The second-order valence-corrected chi connectivity index (χ2v) is 6.24. The number of alkyl carbamates (subject to hydrolysis) is 1. The van der Waals surface area contributed by atoms with E-state index in [1.165, 1.54) is 0 Å². The van der Waals surface area contributed by atoms with E-state index in [9.17, 15) is 9.59 Å². The van der Waals surface area contributed by atoms with Gasteiger partial charge in [0.05, 0.1) is 0 Å². The van der Waals surface area contributed by atoms with E-state index < -0.39 is 17.2 Å². The van der Waals surface area contributed by atoms with Crippen molar-refractivity contribution in [3.8, 4) is 0 Å². The predicted octanol–water partition coefficient (Wildman–Crippen LogP) is 3.05. The summed E-state index contributed by atoms with van der Waals surface area (Å²) in [6.07, 6.45) is 2.76. The molecule has 1 unspecified atom stereocenters. The molecule has 0 aromatic heterocycles. The van der Waals surface area contributed by atoms with Crippen LogP contribution >= 0.6 is 0 Å². The smallest absolute Gasteiger partial charge is 0.408 e. The van der Waals surface area contributed by atoms with Crippen LogP contribution in [-0.2, 0) is 9.53 Å². The summed E-state index contributed by atoms with van der Waals surface area (Å²) in [4.78, 5) is 24.1. The van der Waals surface area contributed by atoms with Gasteiger partial charge in [-0.3, -0.25) is 4.79 Å². The molecule has 18 heavy (non-hydrogen) atoms. The lowest BCUT2D eigenvalue weighted by Crippen LogP contribution is -2.61. The van der Waals surface area contributed by atoms with Crippen LogP contribution in [0.15, 0.2) is 0 Å². The van der Waals surface area contributed by atoms with Gasteiger partial charge in [0, 0.05) is 5.92 Å². The lowest BCUT2D eigenvalue weighted by molar-refractivity contribution is -0.132. The van der Waals surface area contributed by atoms with Gasteiger partial charge in [-0.25, -0.2) is 4.79 Å². The number of rotatable bonds is 4. The Hall–Kier alpha value is -1.06. The van der Waals surface area contributed by atoms with Gasteiger partial charge in [-0.15, -0.1) is 0 Å². The maximum Gasteiger partial charge on any atom is 0.408 e. The van der Waals surface area contributed by atoms with Crippen LogP contribution in [0.25, 0.3) is 0 Å². The number of carbonyl (C=O) groups is 2. The van der Waals surface area contributed by atoms with E-state index in [0.717, 1.165) is 25.7 Å². The van der Waals surface area contributed by atoms with Crippen LogP contribution in [0.3, 0.4) is 0 Å². The van der Waals surface area contributed by atoms with Gasteiger partial charge in [0.25, 0.3) is 0 Å². The van der Waals surface area contributed by atoms with Crippen LogP contribution in [0.5, 0.6) is 0 Å². The van der Waals surface area contributed by atoms with Crippen molar-refractivity contribution in [3.05, 3.63) is 0 Å². The summed E-state index contributed by atoms with van der Waals surface area (Å²) in [6, 6.07) is 0. The molecule has 1 aliphatic rings. The summed E-state index contributed by atoms with van der Waals surface area (Å²) in [5.74, 6) is 0.127. The largest absolute Gasteiger partial charge is 0.444 e. The highest BCUT2D eigenvalue weighted by Gasteiger charge is 2.47. The van der Waals surface area contributed by atoms with E-state index in [1.54, 1.807) is 0 Å². The topological polar surface area (TPSA) is 55.4 Å². The number of hydrogen-bond acceptors (Lipinski definition) is 3. The average Bonchev–Trinajstić information content (AvgIpc) is 2.18. The number of ether oxygens (including phenoxy) is 1. The molecule has 1 N–H and O–H groups in total. The normalized spacial score (nSPS) is 19.6. The lowest BCUT2D eigenvalue weighted by atomic mass is 9.70. The average molecular weight is 255 g/mol. The maximum absolute atomic E-state index is 12.3. The van der Waals surface area contributed by atoms with Crippen molar-refractivity contribution >= 4 is 11.9 Å². The van der Waals surface area contributed by atoms with Gasteiger partial charge in [0.15, 0.2) is 5.78 Å². The van der Waals surface area contributed by atoms with Gasteiger partial charge in [-0.2, -0.15) is 0 Å². The Labute approximate surface area is 109 Å². The van der Waals surface area contributed by atoms with Gasteiger partial charge in [0.2, 0.25) is 0 Å². The molecule has 0 spiro atoms. The van der Waals surface area contributed by atoms with Crippen molar-refractivity contribution in [1.82, 2.24) is 5.32 Å². The SMILES string of the molecule is CCC(C)C(=O)C1(NC(=O)OC(C)(C)C)CCC1. The lowest BCUT2D eigenvalue weighted by Gasteiger charge is -2.42. The molecule has 1 saturated carbocycles. The summed E-state index contributed by atoms with van der Waals surface area (Å²) in [5.41, 5.74) is -1.20. The van der Waals surface area contributed by atoms with Gasteiger partial charge in [0.1, 0.15) is 11.1 Å². The monoisotopic (exact) mass is 255 g/mol. The number of amides is 1. The summed E-state index contributed by atoms with van der Waals surface area (Å²) < 4.78 is 5.23. The number of nitrogens with one attached hydrogen (secondary N) is 1. The first kappa shape index (κ1) is 15.0. The number of Topliss-reactive ketones (excluding diaryl/α,β-unsaturated/α-hetero) is 1. The Kier molecular flexibility index (Phi) is 4.41. The molecule has 1 aliphatic carbocycles. The molecular weight excluding hydrogens is 230 g/mol. The third-order valence-electron chi connectivity index (χ3n) is 3.48. The Morgan fingerprint density at radius 3 is 2.22 bits per heavy atom. The standard InChI is InChI=1S/C14H25NO3/c1-6-10(2)11(16)14(8-7-9-14)15-12(17)18-13(3,4)5/h10H,6-9H2,1-5H3,(H,15,17). The molecule has 1 rings (SSSR count). The highest BCUT2D eigenvalue weighted by Crippen LogP contribution is 2.35. The van der Waals surface area contributed by atoms with Crippen molar-refractivity contribution in [2.24, 2.45) is 5.92 Å². The molecule has 4 nitrogen and oxygen atoms in total. The fraction of sp³-hybridized carbons (Fsp3) is 0.857. The third kappa shape index (κ3) is 3.47. The van der Waals surface area contributed by atoms with E-state index >= 15 is 0 Å². The van der Waals surface area contributed by atoms with E-state index in [4.69, 9.17) is 4.74 Å². The van der Waals surface area contributed by atoms with Crippen LogP contribution in [0, 0.1) is 5.92 Å². The van der Waals surface area contributed by atoms with Crippen LogP contribution in [-0.4, -0.2) is 23.0 Å². The van der Waals surface area contributed by atoms with E-state index in [0.29, 0.717) is 0 Å². The zero-order chi connectivity index (χ0) is 14.0. The summed E-state index contributed by atoms with van der Waals surface area (Å²) >= 11 is 0. The summed E-state index contributed by atoms with van der Waals surface area (Å²) in [5, 5.41) is 2.79. The zero-order valence-electron chi connectivity index (χ0n) is 12.1. The van der Waals surface area contributed by atoms with Gasteiger partial charge < -0.3 is 10.1 Å². The van der Waals surface area contributed by atoms with Crippen LogP contribution in [0.1, 0.15) is 60.3 Å². The molecule has 1 atom stereocenters. The molecule has 0 aromatic rings. The summed E-state index contributed by atoms with van der Waals surface area (Å²) in [7, 11) is 0. The first-order valence-corrected chi connectivity index (χ1v) is 6.75. The highest BCUT2D eigenvalue weighted by molar-refractivity contribution is 5.94. The number of carbonyl (C=O) groups excluding carboxylic acids is 2. The maximum atomic E-state index is 12.3. The van der Waals surface area contributed by atoms with Gasteiger partial charge in [-0.05, 0) is 46.5 Å². The van der Waals surface area contributed by atoms with Gasteiger partial charge in [-0.1, -0.05) is 13.8 Å². The Morgan fingerprint density at radius 2 is 1.89 bits per heavy atom. The highest BCUT2D eigenvalue weighted by atomic mass is 16.6. The second kappa shape index (κ2) is 5.29. The molecule has 104 valence electrons. The van der Waals surface area contributed by atoms with Crippen LogP contribution in [0.2, 0.25) is 0 Å². The minimum Gasteiger partial charge on any atom is -0.444 e. The van der Waals surface area contributed by atoms with Gasteiger partial charge >= 0.3 is 6.09 Å². The first-order chi connectivity index (χ1) is 8.20. The Bertz CT molecular complexity index is 326. The molecule has 0 saturated heterocycles. The van der Waals surface area contributed by atoms with E-state index in [2.05, 4.69) is 5.32 Å². The van der Waals surface area contributed by atoms with Crippen molar-refractivity contribution < 1.29 is 14.3 Å². The molecule has 4 heteroatoms. The molecule has 0 bridgehead atoms. The number of hydrogen-bond donors (Lipinski definition) is 1. The fourth-order valence-corrected chi connectivity index (χ4v) is 2.12. The zero-order valence-corrected chi connectivity index (χ0v) is 12.1. The van der Waals surface area contributed by atoms with Crippen molar-refractivity contribution in [3.63, 3.8) is 0 Å². The molecule has 1 amide bonds. The quantitative estimate of drug-likeness (QED) is 0.840. The fourth-order valence-electron chi connectivity index (χ4n) is 2.12. The number of ketones is 1. The molecule has 0 heterocycles. The van der Waals surface area contributed by atoms with E-state index in [1.807, 2.05) is 34.6 Å². The van der Waals surface area contributed by atoms with Crippen molar-refractivity contribution in [1.29, 1.82) is 0 Å². The predicted molar refractivity (Wildman–Crippen MR) is 70.4 cm³/mol. The van der Waals surface area contributed by atoms with E-state index in [-0.39, 0.29) is 11.7 Å². The second-order valence-electron chi connectivity index (χ2n) is 6.24. The summed E-state index contributed by atoms with van der Waals surface area (Å²) in [6.45, 7) is 9.35. The van der Waals surface area contributed by atoms with Crippen LogP contribution < -0.4 is 5.32 Å². The Morgan fingerprint density at radius 1 is 1.33 bits per heavy atom.